The Morgan fingerprint density at radius 3 is 2.22 bits per heavy atom. The number of nitrogens with zero attached hydrogens (tertiary/aromatic N) is 1. The Labute approximate surface area is 189 Å². The number of carbonyl (C=O) groups excluding carboxylic acids is 1. The van der Waals surface area contributed by atoms with Crippen LogP contribution < -0.4 is 10.1 Å². The summed E-state index contributed by atoms with van der Waals surface area (Å²) in [5, 5.41) is 2.90. The van der Waals surface area contributed by atoms with Crippen LogP contribution >= 0.6 is 0 Å². The molecule has 168 valence electrons. The second kappa shape index (κ2) is 10.4. The van der Waals surface area contributed by atoms with E-state index in [1.54, 1.807) is 19.1 Å². The van der Waals surface area contributed by atoms with E-state index in [2.05, 4.69) is 5.32 Å². The fourth-order valence-corrected chi connectivity index (χ4v) is 4.92. The first-order valence-electron chi connectivity index (χ1n) is 10.3. The van der Waals surface area contributed by atoms with Gasteiger partial charge in [-0.1, -0.05) is 60.7 Å². The predicted molar refractivity (Wildman–Crippen MR) is 125 cm³/mol. The molecule has 6 nitrogen and oxygen atoms in total. The van der Waals surface area contributed by atoms with Crippen LogP contribution in [-0.2, 0) is 21.4 Å². The molecule has 0 aliphatic heterocycles. The van der Waals surface area contributed by atoms with Gasteiger partial charge in [-0.15, -0.1) is 0 Å². The SMILES string of the molecule is COc1ccc(S(=O)(=O)N(CC(=O)N[C@H](C)c2ccccc2)Cc2ccccc2)cc1C. The van der Waals surface area contributed by atoms with Gasteiger partial charge in [0, 0.05) is 6.54 Å². The maximum atomic E-state index is 13.5. The number of aryl methyl sites for hydroxylation is 1. The molecule has 7 heteroatoms. The van der Waals surface area contributed by atoms with Gasteiger partial charge in [0.15, 0.2) is 0 Å². The molecule has 0 saturated heterocycles. The quantitative estimate of drug-likeness (QED) is 0.531. The highest BCUT2D eigenvalue weighted by molar-refractivity contribution is 7.89. The van der Waals surface area contributed by atoms with Gasteiger partial charge >= 0.3 is 0 Å². The lowest BCUT2D eigenvalue weighted by Gasteiger charge is -2.23. The minimum Gasteiger partial charge on any atom is -0.496 e. The van der Waals surface area contributed by atoms with Crippen LogP contribution in [0.3, 0.4) is 0 Å². The number of ether oxygens (including phenoxy) is 1. The summed E-state index contributed by atoms with van der Waals surface area (Å²) in [5.74, 6) is 0.235. The number of sulfonamides is 1. The van der Waals surface area contributed by atoms with E-state index in [1.165, 1.54) is 17.5 Å². The highest BCUT2D eigenvalue weighted by Gasteiger charge is 2.28. The smallest absolute Gasteiger partial charge is 0.243 e. The number of nitrogens with one attached hydrogen (secondary N) is 1. The molecular weight excluding hydrogens is 424 g/mol. The van der Waals surface area contributed by atoms with E-state index < -0.39 is 10.0 Å². The Balaban J connectivity index is 1.86. The fraction of sp³-hybridized carbons (Fsp3) is 0.240. The van der Waals surface area contributed by atoms with Crippen molar-refractivity contribution in [1.82, 2.24) is 9.62 Å². The molecule has 0 spiro atoms. The Hall–Kier alpha value is -3.16. The van der Waals surface area contributed by atoms with Crippen LogP contribution in [0.4, 0.5) is 0 Å². The van der Waals surface area contributed by atoms with Crippen LogP contribution in [0.2, 0.25) is 0 Å². The number of carbonyl (C=O) groups is 1. The van der Waals surface area contributed by atoms with Crippen molar-refractivity contribution in [3.8, 4) is 5.75 Å². The first-order valence-corrected chi connectivity index (χ1v) is 11.8. The van der Waals surface area contributed by atoms with Crippen molar-refractivity contribution in [3.63, 3.8) is 0 Å². The molecule has 1 atom stereocenters. The third-order valence-corrected chi connectivity index (χ3v) is 6.99. The molecule has 1 N–H and O–H groups in total. The molecule has 0 bridgehead atoms. The zero-order chi connectivity index (χ0) is 23.1. The van der Waals surface area contributed by atoms with E-state index in [9.17, 15) is 13.2 Å². The maximum absolute atomic E-state index is 13.5. The van der Waals surface area contributed by atoms with Crippen LogP contribution in [0.25, 0.3) is 0 Å². The standard InChI is InChI=1S/C25H28N2O4S/c1-19-16-23(14-15-24(19)31-3)32(29,30)27(17-21-10-6-4-7-11-21)18-25(28)26-20(2)22-12-8-5-9-13-22/h4-16,20H,17-18H2,1-3H3,(H,26,28)/t20-/m1/s1. The van der Waals surface area contributed by atoms with Crippen LogP contribution in [0.15, 0.2) is 83.8 Å². The van der Waals surface area contributed by atoms with E-state index in [-0.39, 0.29) is 29.9 Å². The molecule has 0 radical (unpaired) electrons. The lowest BCUT2D eigenvalue weighted by atomic mass is 10.1. The molecule has 3 rings (SSSR count). The molecule has 32 heavy (non-hydrogen) atoms. The van der Waals surface area contributed by atoms with Gasteiger partial charge in [0.25, 0.3) is 0 Å². The Kier molecular flexibility index (Phi) is 7.66. The normalized spacial score (nSPS) is 12.4. The van der Waals surface area contributed by atoms with Gasteiger partial charge in [-0.25, -0.2) is 8.42 Å². The molecule has 0 fully saturated rings. The highest BCUT2D eigenvalue weighted by Crippen LogP contribution is 2.25. The van der Waals surface area contributed by atoms with E-state index >= 15 is 0 Å². The van der Waals surface area contributed by atoms with Crippen molar-refractivity contribution >= 4 is 15.9 Å². The molecular formula is C25H28N2O4S. The summed E-state index contributed by atoms with van der Waals surface area (Å²) < 4.78 is 33.4. The number of amides is 1. The van der Waals surface area contributed by atoms with Crippen molar-refractivity contribution in [2.45, 2.75) is 31.3 Å². The molecule has 3 aromatic rings. The van der Waals surface area contributed by atoms with Gasteiger partial charge in [0.2, 0.25) is 15.9 Å². The average molecular weight is 453 g/mol. The first-order chi connectivity index (χ1) is 15.3. The summed E-state index contributed by atoms with van der Waals surface area (Å²) in [6, 6.07) is 23.2. The Morgan fingerprint density at radius 2 is 1.62 bits per heavy atom. The van der Waals surface area contributed by atoms with Gasteiger partial charge in [-0.2, -0.15) is 4.31 Å². The summed E-state index contributed by atoms with van der Waals surface area (Å²) in [6.07, 6.45) is 0. The molecule has 0 aliphatic carbocycles. The lowest BCUT2D eigenvalue weighted by Crippen LogP contribution is -2.41. The topological polar surface area (TPSA) is 75.7 Å². The van der Waals surface area contributed by atoms with Gasteiger partial charge in [0.05, 0.1) is 24.6 Å². The second-order valence-corrected chi connectivity index (χ2v) is 9.53. The number of hydrogen-bond donors (Lipinski definition) is 1. The van der Waals surface area contributed by atoms with Gasteiger partial charge < -0.3 is 10.1 Å². The fourth-order valence-electron chi connectivity index (χ4n) is 3.45. The van der Waals surface area contributed by atoms with Crippen molar-refractivity contribution in [2.75, 3.05) is 13.7 Å². The van der Waals surface area contributed by atoms with Crippen molar-refractivity contribution in [3.05, 3.63) is 95.6 Å². The number of rotatable bonds is 9. The lowest BCUT2D eigenvalue weighted by molar-refractivity contribution is -0.122. The monoisotopic (exact) mass is 452 g/mol. The van der Waals surface area contributed by atoms with E-state index in [0.29, 0.717) is 11.3 Å². The summed E-state index contributed by atoms with van der Waals surface area (Å²) in [6.45, 7) is 3.45. The van der Waals surface area contributed by atoms with E-state index in [4.69, 9.17) is 4.74 Å². The second-order valence-electron chi connectivity index (χ2n) is 7.59. The average Bonchev–Trinajstić information content (AvgIpc) is 2.79. The highest BCUT2D eigenvalue weighted by atomic mass is 32.2. The summed E-state index contributed by atoms with van der Waals surface area (Å²) in [5.41, 5.74) is 2.45. The van der Waals surface area contributed by atoms with Gasteiger partial charge in [-0.05, 0) is 48.7 Å². The van der Waals surface area contributed by atoms with Crippen LogP contribution in [0.5, 0.6) is 5.75 Å². The molecule has 3 aromatic carbocycles. The van der Waals surface area contributed by atoms with E-state index in [0.717, 1.165) is 11.1 Å². The zero-order valence-corrected chi connectivity index (χ0v) is 19.3. The molecule has 0 saturated carbocycles. The summed E-state index contributed by atoms with van der Waals surface area (Å²) >= 11 is 0. The van der Waals surface area contributed by atoms with Crippen molar-refractivity contribution < 1.29 is 17.9 Å². The van der Waals surface area contributed by atoms with Crippen molar-refractivity contribution in [2.24, 2.45) is 0 Å². The molecule has 0 aromatic heterocycles. The number of benzene rings is 3. The van der Waals surface area contributed by atoms with Gasteiger partial charge in [0.1, 0.15) is 5.75 Å². The predicted octanol–water partition coefficient (Wildman–Crippen LogP) is 4.07. The Morgan fingerprint density at radius 1 is 1.00 bits per heavy atom. The van der Waals surface area contributed by atoms with Crippen molar-refractivity contribution in [1.29, 1.82) is 0 Å². The van der Waals surface area contributed by atoms with Crippen LogP contribution in [0, 0.1) is 6.92 Å². The van der Waals surface area contributed by atoms with E-state index in [1.807, 2.05) is 67.6 Å². The molecule has 0 heterocycles. The largest absolute Gasteiger partial charge is 0.496 e. The zero-order valence-electron chi connectivity index (χ0n) is 18.5. The Bertz CT molecular complexity index is 1150. The third-order valence-electron chi connectivity index (χ3n) is 5.20. The number of methoxy groups -OCH3 is 1. The third kappa shape index (κ3) is 5.75. The molecule has 0 unspecified atom stereocenters. The minimum absolute atomic E-state index is 0.0847. The molecule has 1 amide bonds. The first kappa shape index (κ1) is 23.5. The molecule has 0 aliphatic rings. The summed E-state index contributed by atoms with van der Waals surface area (Å²) in [7, 11) is -2.39. The van der Waals surface area contributed by atoms with Crippen LogP contribution in [0.1, 0.15) is 29.7 Å². The maximum Gasteiger partial charge on any atom is 0.243 e. The number of hydrogen-bond acceptors (Lipinski definition) is 4. The minimum atomic E-state index is -3.93. The van der Waals surface area contributed by atoms with Crippen LogP contribution in [-0.4, -0.2) is 32.3 Å². The summed E-state index contributed by atoms with van der Waals surface area (Å²) in [4.78, 5) is 13.0. The van der Waals surface area contributed by atoms with Gasteiger partial charge in [-0.3, -0.25) is 4.79 Å².